The maximum Gasteiger partial charge on any atom is 0.247 e. The van der Waals surface area contributed by atoms with Gasteiger partial charge in [0.2, 0.25) is 10.0 Å². The first-order valence-corrected chi connectivity index (χ1v) is 9.12. The number of methoxy groups -OCH3 is 1. The van der Waals surface area contributed by atoms with Crippen molar-refractivity contribution < 1.29 is 13.2 Å². The Hall–Kier alpha value is -1.37. The lowest BCUT2D eigenvalue weighted by atomic mass is 10.3. The van der Waals surface area contributed by atoms with Crippen LogP contribution in [0, 0.1) is 0 Å². The van der Waals surface area contributed by atoms with Crippen LogP contribution in [0.3, 0.4) is 0 Å². The van der Waals surface area contributed by atoms with Crippen LogP contribution in [0.15, 0.2) is 46.0 Å². The van der Waals surface area contributed by atoms with Gasteiger partial charge in [-0.15, -0.1) is 0 Å². The molecule has 0 aliphatic heterocycles. The predicted octanol–water partition coefficient (Wildman–Crippen LogP) is 3.36. The van der Waals surface area contributed by atoms with Gasteiger partial charge in [0.1, 0.15) is 10.6 Å². The van der Waals surface area contributed by atoms with Gasteiger partial charge in [-0.2, -0.15) is 15.6 Å². The predicted molar refractivity (Wildman–Crippen MR) is 85.2 cm³/mol. The Bertz CT molecular complexity index is 666. The third-order valence-electron chi connectivity index (χ3n) is 3.10. The lowest BCUT2D eigenvalue weighted by molar-refractivity contribution is 0.385. The molecule has 1 aromatic carbocycles. The fourth-order valence-electron chi connectivity index (χ4n) is 2.09. The molecule has 0 saturated carbocycles. The number of hydrogen-bond donors (Lipinski definition) is 0. The molecule has 0 fully saturated rings. The maximum absolute atomic E-state index is 12.9. The minimum Gasteiger partial charge on any atom is -0.495 e. The smallest absolute Gasteiger partial charge is 0.247 e. The highest BCUT2D eigenvalue weighted by Crippen LogP contribution is 2.27. The second-order valence-corrected chi connectivity index (χ2v) is 7.31. The second kappa shape index (κ2) is 7.06. The highest BCUT2D eigenvalue weighted by atomic mass is 32.2. The van der Waals surface area contributed by atoms with Crippen LogP contribution in [0.5, 0.6) is 5.75 Å². The zero-order valence-corrected chi connectivity index (χ0v) is 13.8. The Morgan fingerprint density at radius 3 is 2.62 bits per heavy atom. The van der Waals surface area contributed by atoms with Gasteiger partial charge in [0.05, 0.1) is 7.11 Å². The molecule has 0 bridgehead atoms. The van der Waals surface area contributed by atoms with E-state index < -0.39 is 10.0 Å². The van der Waals surface area contributed by atoms with Crippen molar-refractivity contribution in [1.82, 2.24) is 4.31 Å². The number of thiophene rings is 1. The summed E-state index contributed by atoms with van der Waals surface area (Å²) in [6.45, 7) is 2.84. The summed E-state index contributed by atoms with van der Waals surface area (Å²) in [5.74, 6) is 0.379. The van der Waals surface area contributed by atoms with Crippen LogP contribution in [0.25, 0.3) is 0 Å². The van der Waals surface area contributed by atoms with Crippen LogP contribution in [0.1, 0.15) is 18.9 Å². The number of rotatable bonds is 7. The van der Waals surface area contributed by atoms with Crippen LogP contribution >= 0.6 is 11.3 Å². The number of benzene rings is 1. The monoisotopic (exact) mass is 325 g/mol. The summed E-state index contributed by atoms with van der Waals surface area (Å²) < 4.78 is 32.5. The van der Waals surface area contributed by atoms with E-state index >= 15 is 0 Å². The van der Waals surface area contributed by atoms with Crippen molar-refractivity contribution in [3.8, 4) is 5.75 Å². The van der Waals surface area contributed by atoms with Crippen molar-refractivity contribution in [2.45, 2.75) is 24.8 Å². The van der Waals surface area contributed by atoms with Gasteiger partial charge in [-0.1, -0.05) is 19.1 Å². The lowest BCUT2D eigenvalue weighted by Gasteiger charge is -2.22. The molecule has 6 heteroatoms. The Kier molecular flexibility index (Phi) is 5.39. The molecule has 21 heavy (non-hydrogen) atoms. The van der Waals surface area contributed by atoms with Crippen molar-refractivity contribution in [2.75, 3.05) is 13.7 Å². The Morgan fingerprint density at radius 1 is 1.24 bits per heavy atom. The molecular weight excluding hydrogens is 306 g/mol. The first-order chi connectivity index (χ1) is 10.1. The number of para-hydroxylation sites is 1. The second-order valence-electron chi connectivity index (χ2n) is 4.62. The number of ether oxygens (including phenoxy) is 1. The molecule has 0 amide bonds. The standard InChI is InChI=1S/C15H19NO3S2/c1-3-9-16(11-13-8-10-20-12-13)21(17,18)15-7-5-4-6-14(15)19-2/h4-8,10,12H,3,9,11H2,1-2H3. The van der Waals surface area contributed by atoms with Crippen molar-refractivity contribution >= 4 is 21.4 Å². The molecule has 0 saturated heterocycles. The van der Waals surface area contributed by atoms with E-state index in [0.717, 1.165) is 12.0 Å². The molecule has 4 nitrogen and oxygen atoms in total. The van der Waals surface area contributed by atoms with Gasteiger partial charge >= 0.3 is 0 Å². The van der Waals surface area contributed by atoms with Crippen LogP contribution < -0.4 is 4.74 Å². The van der Waals surface area contributed by atoms with E-state index in [4.69, 9.17) is 4.74 Å². The molecule has 2 aromatic rings. The van der Waals surface area contributed by atoms with Gasteiger partial charge in [0, 0.05) is 13.1 Å². The number of hydrogen-bond acceptors (Lipinski definition) is 4. The molecule has 0 spiro atoms. The van der Waals surface area contributed by atoms with Crippen molar-refractivity contribution in [2.24, 2.45) is 0 Å². The summed E-state index contributed by atoms with van der Waals surface area (Å²) in [5.41, 5.74) is 1.01. The van der Waals surface area contributed by atoms with Gasteiger partial charge in [-0.25, -0.2) is 8.42 Å². The molecule has 0 N–H and O–H groups in total. The van der Waals surface area contributed by atoms with E-state index in [1.807, 2.05) is 23.8 Å². The lowest BCUT2D eigenvalue weighted by Crippen LogP contribution is -2.31. The summed E-state index contributed by atoms with van der Waals surface area (Å²) in [7, 11) is -2.09. The van der Waals surface area contributed by atoms with E-state index in [1.165, 1.54) is 11.4 Å². The van der Waals surface area contributed by atoms with E-state index in [9.17, 15) is 8.42 Å². The zero-order valence-electron chi connectivity index (χ0n) is 12.2. The minimum atomic E-state index is -3.57. The Labute approximate surface area is 130 Å². The fourth-order valence-corrected chi connectivity index (χ4v) is 4.43. The van der Waals surface area contributed by atoms with Crippen LogP contribution in [-0.4, -0.2) is 26.4 Å². The molecule has 0 aliphatic rings. The van der Waals surface area contributed by atoms with Crippen LogP contribution in [-0.2, 0) is 16.6 Å². The van der Waals surface area contributed by atoms with Crippen molar-refractivity contribution in [3.63, 3.8) is 0 Å². The molecule has 0 atom stereocenters. The van der Waals surface area contributed by atoms with Crippen LogP contribution in [0.4, 0.5) is 0 Å². The number of sulfonamides is 1. The Morgan fingerprint density at radius 2 is 2.00 bits per heavy atom. The van der Waals surface area contributed by atoms with Gasteiger partial charge in [-0.3, -0.25) is 0 Å². The van der Waals surface area contributed by atoms with E-state index in [0.29, 0.717) is 18.8 Å². The van der Waals surface area contributed by atoms with Crippen LogP contribution in [0.2, 0.25) is 0 Å². The molecule has 2 rings (SSSR count). The third-order valence-corrected chi connectivity index (χ3v) is 5.72. The molecule has 0 aliphatic carbocycles. The Balaban J connectivity index is 2.37. The highest BCUT2D eigenvalue weighted by molar-refractivity contribution is 7.89. The summed E-state index contributed by atoms with van der Waals surface area (Å²) in [4.78, 5) is 0.219. The zero-order chi connectivity index (χ0) is 15.3. The average Bonchev–Trinajstić information content (AvgIpc) is 3.00. The first kappa shape index (κ1) is 16.0. The van der Waals surface area contributed by atoms with E-state index in [1.54, 1.807) is 35.6 Å². The SMILES string of the molecule is CCCN(Cc1ccsc1)S(=O)(=O)c1ccccc1OC. The van der Waals surface area contributed by atoms with E-state index in [2.05, 4.69) is 0 Å². The third kappa shape index (κ3) is 3.64. The normalized spacial score (nSPS) is 11.8. The summed E-state index contributed by atoms with van der Waals surface area (Å²) in [5, 5.41) is 3.93. The molecule has 1 aromatic heterocycles. The van der Waals surface area contributed by atoms with Gasteiger partial charge in [-0.05, 0) is 40.9 Å². The van der Waals surface area contributed by atoms with Crippen molar-refractivity contribution in [3.05, 3.63) is 46.7 Å². The molecular formula is C15H19NO3S2. The summed E-state index contributed by atoms with van der Waals surface area (Å²) in [6, 6.07) is 8.68. The largest absolute Gasteiger partial charge is 0.495 e. The van der Waals surface area contributed by atoms with Gasteiger partial charge in [0.25, 0.3) is 0 Å². The van der Waals surface area contributed by atoms with Gasteiger partial charge < -0.3 is 4.74 Å². The average molecular weight is 325 g/mol. The molecule has 0 radical (unpaired) electrons. The topological polar surface area (TPSA) is 46.6 Å². The number of nitrogens with zero attached hydrogens (tertiary/aromatic N) is 1. The first-order valence-electron chi connectivity index (χ1n) is 6.73. The van der Waals surface area contributed by atoms with Gasteiger partial charge in [0.15, 0.2) is 0 Å². The summed E-state index contributed by atoms with van der Waals surface area (Å²) in [6.07, 6.45) is 0.762. The van der Waals surface area contributed by atoms with Crippen molar-refractivity contribution in [1.29, 1.82) is 0 Å². The van der Waals surface area contributed by atoms with E-state index in [-0.39, 0.29) is 4.90 Å². The quantitative estimate of drug-likeness (QED) is 0.784. The molecule has 1 heterocycles. The summed E-state index contributed by atoms with van der Waals surface area (Å²) >= 11 is 1.57. The highest BCUT2D eigenvalue weighted by Gasteiger charge is 2.27. The maximum atomic E-state index is 12.9. The minimum absolute atomic E-state index is 0.219. The molecule has 0 unspecified atom stereocenters. The molecule has 114 valence electrons. The fraction of sp³-hybridized carbons (Fsp3) is 0.333.